The van der Waals surface area contributed by atoms with Gasteiger partial charge in [-0.2, -0.15) is 0 Å². The summed E-state index contributed by atoms with van der Waals surface area (Å²) in [5.41, 5.74) is 2.84. The van der Waals surface area contributed by atoms with Crippen LogP contribution in [0.1, 0.15) is 44.2 Å². The molecule has 0 spiro atoms. The van der Waals surface area contributed by atoms with Crippen LogP contribution in [0.2, 0.25) is 0 Å². The molecule has 0 radical (unpaired) electrons. The average Bonchev–Trinajstić information content (AvgIpc) is 2.27. The van der Waals surface area contributed by atoms with Crippen molar-refractivity contribution in [1.29, 1.82) is 0 Å². The van der Waals surface area contributed by atoms with Crippen LogP contribution in [0.5, 0.6) is 0 Å². The Labute approximate surface area is 106 Å². The summed E-state index contributed by atoms with van der Waals surface area (Å²) in [6.45, 7) is 8.00. The summed E-state index contributed by atoms with van der Waals surface area (Å²) >= 11 is 0. The van der Waals surface area contributed by atoms with E-state index in [4.69, 9.17) is 0 Å². The van der Waals surface area contributed by atoms with E-state index in [1.807, 2.05) is 0 Å². The van der Waals surface area contributed by atoms with E-state index in [1.165, 1.54) is 30.4 Å². The highest BCUT2D eigenvalue weighted by atomic mass is 14.9. The van der Waals surface area contributed by atoms with Crippen molar-refractivity contribution >= 4 is 0 Å². The van der Waals surface area contributed by atoms with Gasteiger partial charge in [0.05, 0.1) is 0 Å². The molecule has 2 atom stereocenters. The van der Waals surface area contributed by atoms with Crippen LogP contribution in [-0.4, -0.2) is 6.04 Å². The first-order chi connectivity index (χ1) is 8.15. The smallest absolute Gasteiger partial charge is 0.0210 e. The molecule has 1 aromatic carbocycles. The SMILES string of the molecule is Cc1ccccc1CNC1CC(C)CC(C)C1. The molecule has 1 fully saturated rings. The monoisotopic (exact) mass is 231 g/mol. The molecule has 2 rings (SSSR count). The predicted octanol–water partition coefficient (Wildman–Crippen LogP) is 3.91. The predicted molar refractivity (Wildman–Crippen MR) is 74.0 cm³/mol. The molecule has 1 aliphatic rings. The lowest BCUT2D eigenvalue weighted by Crippen LogP contribution is -2.36. The molecule has 94 valence electrons. The Bertz CT molecular complexity index is 348. The third kappa shape index (κ3) is 3.57. The van der Waals surface area contributed by atoms with Crippen molar-refractivity contribution in [2.45, 2.75) is 52.6 Å². The normalized spacial score (nSPS) is 29.2. The maximum absolute atomic E-state index is 3.74. The van der Waals surface area contributed by atoms with Gasteiger partial charge in [-0.15, -0.1) is 0 Å². The van der Waals surface area contributed by atoms with Crippen molar-refractivity contribution in [3.63, 3.8) is 0 Å². The minimum absolute atomic E-state index is 0.716. The van der Waals surface area contributed by atoms with Crippen LogP contribution in [0.4, 0.5) is 0 Å². The summed E-state index contributed by atoms with van der Waals surface area (Å²) in [5, 5.41) is 3.74. The quantitative estimate of drug-likeness (QED) is 0.831. The Balaban J connectivity index is 1.88. The number of hydrogen-bond acceptors (Lipinski definition) is 1. The first kappa shape index (κ1) is 12.6. The molecule has 1 heteroatoms. The number of aryl methyl sites for hydroxylation is 1. The Morgan fingerprint density at radius 1 is 1.06 bits per heavy atom. The molecule has 0 aromatic heterocycles. The zero-order chi connectivity index (χ0) is 12.3. The second-order valence-corrected chi connectivity index (χ2v) is 5.92. The number of rotatable bonds is 3. The summed E-state index contributed by atoms with van der Waals surface area (Å²) in [5.74, 6) is 1.77. The summed E-state index contributed by atoms with van der Waals surface area (Å²) in [7, 11) is 0. The minimum Gasteiger partial charge on any atom is -0.310 e. The average molecular weight is 231 g/mol. The van der Waals surface area contributed by atoms with Crippen LogP contribution < -0.4 is 5.32 Å². The first-order valence-electron chi connectivity index (χ1n) is 6.93. The van der Waals surface area contributed by atoms with Crippen LogP contribution in [0.15, 0.2) is 24.3 Å². The molecule has 1 saturated carbocycles. The summed E-state index contributed by atoms with van der Waals surface area (Å²) in [6.07, 6.45) is 4.09. The van der Waals surface area contributed by atoms with Gasteiger partial charge in [0.25, 0.3) is 0 Å². The third-order valence-corrected chi connectivity index (χ3v) is 4.02. The van der Waals surface area contributed by atoms with Crippen molar-refractivity contribution in [2.75, 3.05) is 0 Å². The van der Waals surface area contributed by atoms with Gasteiger partial charge in [-0.05, 0) is 49.1 Å². The lowest BCUT2D eigenvalue weighted by molar-refractivity contribution is 0.238. The van der Waals surface area contributed by atoms with Gasteiger partial charge in [0.15, 0.2) is 0 Å². The molecule has 0 amide bonds. The molecule has 1 nitrogen and oxygen atoms in total. The van der Waals surface area contributed by atoms with Gasteiger partial charge >= 0.3 is 0 Å². The van der Waals surface area contributed by atoms with Gasteiger partial charge in [-0.3, -0.25) is 0 Å². The molecular formula is C16H25N. The van der Waals surface area contributed by atoms with Gasteiger partial charge < -0.3 is 5.32 Å². The van der Waals surface area contributed by atoms with Crippen molar-refractivity contribution in [2.24, 2.45) is 11.8 Å². The fourth-order valence-electron chi connectivity index (χ4n) is 3.18. The van der Waals surface area contributed by atoms with Crippen LogP contribution in [-0.2, 0) is 6.54 Å². The van der Waals surface area contributed by atoms with E-state index in [0.29, 0.717) is 6.04 Å². The Kier molecular flexibility index (Phi) is 4.22. The van der Waals surface area contributed by atoms with E-state index in [0.717, 1.165) is 18.4 Å². The van der Waals surface area contributed by atoms with Crippen LogP contribution in [0.25, 0.3) is 0 Å². The van der Waals surface area contributed by atoms with Gasteiger partial charge in [0.1, 0.15) is 0 Å². The number of hydrogen-bond donors (Lipinski definition) is 1. The lowest BCUT2D eigenvalue weighted by atomic mass is 9.80. The highest BCUT2D eigenvalue weighted by Crippen LogP contribution is 2.28. The minimum atomic E-state index is 0.716. The Morgan fingerprint density at radius 2 is 1.71 bits per heavy atom. The van der Waals surface area contributed by atoms with Crippen molar-refractivity contribution in [1.82, 2.24) is 5.32 Å². The van der Waals surface area contributed by atoms with Crippen molar-refractivity contribution < 1.29 is 0 Å². The molecule has 17 heavy (non-hydrogen) atoms. The Hall–Kier alpha value is -0.820. The molecule has 1 N–H and O–H groups in total. The summed E-state index contributed by atoms with van der Waals surface area (Å²) < 4.78 is 0. The van der Waals surface area contributed by atoms with E-state index in [2.05, 4.69) is 50.4 Å². The molecule has 0 aliphatic heterocycles. The number of nitrogens with one attached hydrogen (secondary N) is 1. The van der Waals surface area contributed by atoms with E-state index < -0.39 is 0 Å². The number of benzene rings is 1. The van der Waals surface area contributed by atoms with Gasteiger partial charge in [0, 0.05) is 12.6 Å². The largest absolute Gasteiger partial charge is 0.310 e. The second-order valence-electron chi connectivity index (χ2n) is 5.92. The van der Waals surface area contributed by atoms with Gasteiger partial charge in [-0.1, -0.05) is 38.1 Å². The van der Waals surface area contributed by atoms with E-state index in [1.54, 1.807) is 0 Å². The highest BCUT2D eigenvalue weighted by molar-refractivity contribution is 5.25. The van der Waals surface area contributed by atoms with Crippen LogP contribution in [0, 0.1) is 18.8 Å². The topological polar surface area (TPSA) is 12.0 Å². The standard InChI is InChI=1S/C16H25N/c1-12-8-13(2)10-16(9-12)17-11-15-7-5-4-6-14(15)3/h4-7,12-13,16-17H,8-11H2,1-3H3. The fourth-order valence-corrected chi connectivity index (χ4v) is 3.18. The second kappa shape index (κ2) is 5.68. The maximum Gasteiger partial charge on any atom is 0.0210 e. The molecular weight excluding hydrogens is 206 g/mol. The summed E-state index contributed by atoms with van der Waals surface area (Å²) in [4.78, 5) is 0. The van der Waals surface area contributed by atoms with Gasteiger partial charge in [-0.25, -0.2) is 0 Å². The fraction of sp³-hybridized carbons (Fsp3) is 0.625. The lowest BCUT2D eigenvalue weighted by Gasteiger charge is -2.32. The molecule has 0 bridgehead atoms. The Morgan fingerprint density at radius 3 is 2.35 bits per heavy atom. The highest BCUT2D eigenvalue weighted by Gasteiger charge is 2.23. The van der Waals surface area contributed by atoms with Crippen LogP contribution >= 0.6 is 0 Å². The van der Waals surface area contributed by atoms with Gasteiger partial charge in [0.2, 0.25) is 0 Å². The molecule has 1 aliphatic carbocycles. The summed E-state index contributed by atoms with van der Waals surface area (Å²) in [6, 6.07) is 9.40. The zero-order valence-electron chi connectivity index (χ0n) is 11.4. The van der Waals surface area contributed by atoms with Crippen LogP contribution in [0.3, 0.4) is 0 Å². The molecule has 1 aromatic rings. The first-order valence-corrected chi connectivity index (χ1v) is 6.93. The van der Waals surface area contributed by atoms with E-state index >= 15 is 0 Å². The zero-order valence-corrected chi connectivity index (χ0v) is 11.4. The molecule has 0 heterocycles. The third-order valence-electron chi connectivity index (χ3n) is 4.02. The van der Waals surface area contributed by atoms with E-state index in [9.17, 15) is 0 Å². The maximum atomic E-state index is 3.74. The van der Waals surface area contributed by atoms with Crippen molar-refractivity contribution in [3.8, 4) is 0 Å². The van der Waals surface area contributed by atoms with Crippen molar-refractivity contribution in [3.05, 3.63) is 35.4 Å². The molecule has 0 saturated heterocycles. The molecule has 2 unspecified atom stereocenters. The van der Waals surface area contributed by atoms with E-state index in [-0.39, 0.29) is 0 Å².